The van der Waals surface area contributed by atoms with Crippen molar-refractivity contribution in [2.45, 2.75) is 26.0 Å². The van der Waals surface area contributed by atoms with Gasteiger partial charge in [-0.15, -0.1) is 0 Å². The summed E-state index contributed by atoms with van der Waals surface area (Å²) in [4.78, 5) is 0. The molecule has 0 spiro atoms. The first-order chi connectivity index (χ1) is 9.15. The second kappa shape index (κ2) is 6.26. The maximum absolute atomic E-state index is 5.97. The molecule has 0 aromatic heterocycles. The van der Waals surface area contributed by atoms with E-state index in [1.165, 1.54) is 0 Å². The minimum Gasteiger partial charge on any atom is -0.497 e. The molecule has 1 fully saturated rings. The van der Waals surface area contributed by atoms with Crippen LogP contribution in [0.2, 0.25) is 0 Å². The maximum atomic E-state index is 5.97. The lowest BCUT2D eigenvalue weighted by Crippen LogP contribution is -2.45. The molecule has 4 nitrogen and oxygen atoms in total. The third-order valence-corrected chi connectivity index (χ3v) is 3.63. The maximum Gasteiger partial charge on any atom is 0.128 e. The number of rotatable bonds is 4. The molecule has 4 heteroatoms. The summed E-state index contributed by atoms with van der Waals surface area (Å²) >= 11 is 0. The van der Waals surface area contributed by atoms with Crippen molar-refractivity contribution in [1.82, 2.24) is 5.32 Å². The molecule has 0 radical (unpaired) electrons. The lowest BCUT2D eigenvalue weighted by molar-refractivity contribution is -0.00820. The normalized spacial score (nSPS) is 23.4. The van der Waals surface area contributed by atoms with Gasteiger partial charge < -0.3 is 19.5 Å². The van der Waals surface area contributed by atoms with Crippen LogP contribution in [-0.4, -0.2) is 33.4 Å². The zero-order valence-corrected chi connectivity index (χ0v) is 12.1. The topological polar surface area (TPSA) is 39.7 Å². The van der Waals surface area contributed by atoms with Gasteiger partial charge in [0.05, 0.1) is 26.9 Å². The number of ether oxygens (including phenoxy) is 3. The van der Waals surface area contributed by atoms with E-state index in [0.717, 1.165) is 30.2 Å². The Balaban J connectivity index is 2.10. The Labute approximate surface area is 115 Å². The number of morpholine rings is 1. The molecule has 0 saturated carbocycles. The highest BCUT2D eigenvalue weighted by Gasteiger charge is 2.26. The molecule has 1 aliphatic rings. The average Bonchev–Trinajstić information content (AvgIpc) is 2.46. The summed E-state index contributed by atoms with van der Waals surface area (Å²) in [6.45, 7) is 5.95. The van der Waals surface area contributed by atoms with E-state index in [-0.39, 0.29) is 6.10 Å². The SMILES string of the molecule is COc1ccc(C2CNC(C(C)C)CO2)c(OC)c1. The predicted molar refractivity (Wildman–Crippen MR) is 74.9 cm³/mol. The second-order valence-corrected chi connectivity index (χ2v) is 5.19. The molecule has 19 heavy (non-hydrogen) atoms. The molecule has 1 aromatic carbocycles. The Bertz CT molecular complexity index is 412. The Hall–Kier alpha value is -1.26. The highest BCUT2D eigenvalue weighted by Crippen LogP contribution is 2.32. The quantitative estimate of drug-likeness (QED) is 0.907. The summed E-state index contributed by atoms with van der Waals surface area (Å²) in [5.74, 6) is 2.19. The molecular weight excluding hydrogens is 242 g/mol. The molecule has 1 saturated heterocycles. The first kappa shape index (κ1) is 14.2. The average molecular weight is 265 g/mol. The third kappa shape index (κ3) is 3.19. The van der Waals surface area contributed by atoms with E-state index in [1.807, 2.05) is 18.2 Å². The van der Waals surface area contributed by atoms with Gasteiger partial charge in [-0.05, 0) is 18.1 Å². The fourth-order valence-electron chi connectivity index (χ4n) is 2.31. The minimum absolute atomic E-state index is 0.0378. The van der Waals surface area contributed by atoms with Gasteiger partial charge in [0, 0.05) is 24.2 Å². The predicted octanol–water partition coefficient (Wildman–Crippen LogP) is 2.39. The summed E-state index contributed by atoms with van der Waals surface area (Å²) < 4.78 is 16.6. The van der Waals surface area contributed by atoms with Crippen LogP contribution in [-0.2, 0) is 4.74 Å². The number of benzene rings is 1. The first-order valence-electron chi connectivity index (χ1n) is 6.72. The zero-order chi connectivity index (χ0) is 13.8. The van der Waals surface area contributed by atoms with Crippen LogP contribution in [0.15, 0.2) is 18.2 Å². The number of nitrogens with one attached hydrogen (secondary N) is 1. The molecule has 0 amide bonds. The van der Waals surface area contributed by atoms with Gasteiger partial charge in [0.15, 0.2) is 0 Å². The van der Waals surface area contributed by atoms with Crippen LogP contribution in [0.5, 0.6) is 11.5 Å². The molecule has 1 aliphatic heterocycles. The molecule has 2 unspecified atom stereocenters. The first-order valence-corrected chi connectivity index (χ1v) is 6.72. The second-order valence-electron chi connectivity index (χ2n) is 5.19. The highest BCUT2D eigenvalue weighted by molar-refractivity contribution is 5.42. The van der Waals surface area contributed by atoms with Crippen LogP contribution in [0.3, 0.4) is 0 Å². The van der Waals surface area contributed by atoms with Crippen LogP contribution >= 0.6 is 0 Å². The Kier molecular flexibility index (Phi) is 4.66. The molecule has 1 aromatic rings. The molecule has 0 aliphatic carbocycles. The Morgan fingerprint density at radius 2 is 2.05 bits per heavy atom. The van der Waals surface area contributed by atoms with Crippen LogP contribution in [0.4, 0.5) is 0 Å². The van der Waals surface area contributed by atoms with E-state index in [4.69, 9.17) is 14.2 Å². The molecular formula is C15H23NO3. The lowest BCUT2D eigenvalue weighted by atomic mass is 10.0. The van der Waals surface area contributed by atoms with Crippen molar-refractivity contribution in [3.63, 3.8) is 0 Å². The fourth-order valence-corrected chi connectivity index (χ4v) is 2.31. The van der Waals surface area contributed by atoms with E-state index in [0.29, 0.717) is 12.0 Å². The van der Waals surface area contributed by atoms with Crippen molar-refractivity contribution in [3.05, 3.63) is 23.8 Å². The van der Waals surface area contributed by atoms with Crippen LogP contribution in [0.1, 0.15) is 25.5 Å². The molecule has 1 heterocycles. The Morgan fingerprint density at radius 3 is 2.58 bits per heavy atom. The number of hydrogen-bond acceptors (Lipinski definition) is 4. The van der Waals surface area contributed by atoms with Crippen LogP contribution in [0.25, 0.3) is 0 Å². The highest BCUT2D eigenvalue weighted by atomic mass is 16.5. The van der Waals surface area contributed by atoms with Gasteiger partial charge in [-0.3, -0.25) is 0 Å². The van der Waals surface area contributed by atoms with Crippen LogP contribution < -0.4 is 14.8 Å². The van der Waals surface area contributed by atoms with Gasteiger partial charge in [0.2, 0.25) is 0 Å². The van der Waals surface area contributed by atoms with Crippen molar-refractivity contribution < 1.29 is 14.2 Å². The van der Waals surface area contributed by atoms with E-state index in [9.17, 15) is 0 Å². The standard InChI is InChI=1S/C15H23NO3/c1-10(2)13-9-19-15(8-16-13)12-6-5-11(17-3)7-14(12)18-4/h5-7,10,13,15-16H,8-9H2,1-4H3. The third-order valence-electron chi connectivity index (χ3n) is 3.63. The lowest BCUT2D eigenvalue weighted by Gasteiger charge is -2.33. The molecule has 0 bridgehead atoms. The van der Waals surface area contributed by atoms with Gasteiger partial charge in [-0.25, -0.2) is 0 Å². The zero-order valence-electron chi connectivity index (χ0n) is 12.1. The van der Waals surface area contributed by atoms with Gasteiger partial charge in [-0.1, -0.05) is 13.8 Å². The van der Waals surface area contributed by atoms with Crippen LogP contribution in [0, 0.1) is 5.92 Å². The minimum atomic E-state index is 0.0378. The fraction of sp³-hybridized carbons (Fsp3) is 0.600. The van der Waals surface area contributed by atoms with Crippen molar-refractivity contribution in [2.75, 3.05) is 27.4 Å². The van der Waals surface area contributed by atoms with Crippen molar-refractivity contribution >= 4 is 0 Å². The molecule has 2 atom stereocenters. The monoisotopic (exact) mass is 265 g/mol. The molecule has 106 valence electrons. The van der Waals surface area contributed by atoms with Gasteiger partial charge >= 0.3 is 0 Å². The summed E-state index contributed by atoms with van der Waals surface area (Å²) in [6.07, 6.45) is 0.0378. The van der Waals surface area contributed by atoms with Crippen molar-refractivity contribution in [1.29, 1.82) is 0 Å². The number of methoxy groups -OCH3 is 2. The number of hydrogen-bond donors (Lipinski definition) is 1. The van der Waals surface area contributed by atoms with E-state index >= 15 is 0 Å². The van der Waals surface area contributed by atoms with E-state index < -0.39 is 0 Å². The van der Waals surface area contributed by atoms with E-state index in [2.05, 4.69) is 19.2 Å². The summed E-state index contributed by atoms with van der Waals surface area (Å²) in [5, 5.41) is 3.54. The van der Waals surface area contributed by atoms with Gasteiger partial charge in [-0.2, -0.15) is 0 Å². The van der Waals surface area contributed by atoms with E-state index in [1.54, 1.807) is 14.2 Å². The molecule has 2 rings (SSSR count). The largest absolute Gasteiger partial charge is 0.497 e. The van der Waals surface area contributed by atoms with Crippen molar-refractivity contribution in [3.8, 4) is 11.5 Å². The smallest absolute Gasteiger partial charge is 0.128 e. The summed E-state index contributed by atoms with van der Waals surface area (Å²) in [7, 11) is 3.33. The molecule has 1 N–H and O–H groups in total. The van der Waals surface area contributed by atoms with Gasteiger partial charge in [0.1, 0.15) is 11.5 Å². The Morgan fingerprint density at radius 1 is 1.26 bits per heavy atom. The summed E-state index contributed by atoms with van der Waals surface area (Å²) in [6, 6.07) is 6.28. The van der Waals surface area contributed by atoms with Crippen molar-refractivity contribution in [2.24, 2.45) is 5.92 Å². The summed E-state index contributed by atoms with van der Waals surface area (Å²) in [5.41, 5.74) is 1.07. The van der Waals surface area contributed by atoms with Gasteiger partial charge in [0.25, 0.3) is 0 Å².